The van der Waals surface area contributed by atoms with Gasteiger partial charge >= 0.3 is 0 Å². The van der Waals surface area contributed by atoms with Gasteiger partial charge in [0.05, 0.1) is 11.7 Å². The predicted octanol–water partition coefficient (Wildman–Crippen LogP) is 1.43. The Balaban J connectivity index is 2.93. The summed E-state index contributed by atoms with van der Waals surface area (Å²) in [5.41, 5.74) is 0.886. The summed E-state index contributed by atoms with van der Waals surface area (Å²) in [5.74, 6) is 0. The summed E-state index contributed by atoms with van der Waals surface area (Å²) in [4.78, 5) is 3.91. The molecule has 2 rings (SSSR count). The van der Waals surface area contributed by atoms with Gasteiger partial charge in [-0.2, -0.15) is 9.30 Å². The van der Waals surface area contributed by atoms with Crippen LogP contribution >= 0.6 is 11.8 Å². The van der Waals surface area contributed by atoms with Gasteiger partial charge in [0.1, 0.15) is 0 Å². The normalized spacial score (nSPS) is 10.5. The van der Waals surface area contributed by atoms with Gasteiger partial charge in [-0.25, -0.2) is 0 Å². The molecule has 4 heteroatoms. The van der Waals surface area contributed by atoms with Crippen LogP contribution in [0.3, 0.4) is 0 Å². The highest BCUT2D eigenvalue weighted by molar-refractivity contribution is 6.18. The highest BCUT2D eigenvalue weighted by Gasteiger charge is 1.96. The molecule has 0 saturated carbocycles. The van der Waals surface area contributed by atoms with Gasteiger partial charge in [-0.3, -0.25) is 4.98 Å². The molecule has 2 aromatic rings. The number of fused-ring (bicyclic) bond motifs is 1. The number of rotatable bonds is 0. The molecule has 0 amide bonds. The maximum absolute atomic E-state index is 5.65. The zero-order valence-corrected chi connectivity index (χ0v) is 5.78. The summed E-state index contributed by atoms with van der Waals surface area (Å²) in [6, 6.07) is 1.81. The Kier molecular flexibility index (Phi) is 1.11. The van der Waals surface area contributed by atoms with Crippen molar-refractivity contribution < 1.29 is 0 Å². The monoisotopic (exact) mass is 153 g/mol. The standard InChI is InChI=1S/C6H4ClN3/c7-10-6-1-2-8-3-5(6)4-9-10/h1-4H. The first-order valence-corrected chi connectivity index (χ1v) is 3.15. The molecule has 2 aromatic heterocycles. The Morgan fingerprint density at radius 3 is 3.10 bits per heavy atom. The summed E-state index contributed by atoms with van der Waals surface area (Å²) in [6.07, 6.45) is 5.08. The molecule has 0 N–H and O–H groups in total. The van der Waals surface area contributed by atoms with Crippen LogP contribution in [-0.2, 0) is 0 Å². The molecular formula is C6H4ClN3. The topological polar surface area (TPSA) is 30.7 Å². The second-order valence-electron chi connectivity index (χ2n) is 1.94. The van der Waals surface area contributed by atoms with E-state index in [2.05, 4.69) is 10.1 Å². The minimum atomic E-state index is 0.886. The van der Waals surface area contributed by atoms with Gasteiger partial charge in [-0.15, -0.1) is 0 Å². The lowest BCUT2D eigenvalue weighted by atomic mass is 10.3. The van der Waals surface area contributed by atoms with Gasteiger partial charge < -0.3 is 0 Å². The Morgan fingerprint density at radius 1 is 1.40 bits per heavy atom. The number of hydrogen-bond acceptors (Lipinski definition) is 2. The van der Waals surface area contributed by atoms with Crippen molar-refractivity contribution in [2.45, 2.75) is 0 Å². The fourth-order valence-corrected chi connectivity index (χ4v) is 1.04. The van der Waals surface area contributed by atoms with E-state index in [0.29, 0.717) is 0 Å². The third-order valence-corrected chi connectivity index (χ3v) is 1.59. The average Bonchev–Trinajstić information content (AvgIpc) is 2.34. The molecule has 0 aliphatic heterocycles. The summed E-state index contributed by atoms with van der Waals surface area (Å²) < 4.78 is 1.30. The Morgan fingerprint density at radius 2 is 2.30 bits per heavy atom. The maximum Gasteiger partial charge on any atom is 0.0902 e. The lowest BCUT2D eigenvalue weighted by molar-refractivity contribution is 1.02. The van der Waals surface area contributed by atoms with Crippen molar-refractivity contribution in [1.82, 2.24) is 14.3 Å². The predicted molar refractivity (Wildman–Crippen MR) is 38.8 cm³/mol. The van der Waals surface area contributed by atoms with Crippen molar-refractivity contribution in [1.29, 1.82) is 0 Å². The van der Waals surface area contributed by atoms with Crippen LogP contribution in [0.1, 0.15) is 0 Å². The first-order valence-electron chi connectivity index (χ1n) is 2.82. The van der Waals surface area contributed by atoms with E-state index in [1.54, 1.807) is 18.6 Å². The largest absolute Gasteiger partial charge is 0.264 e. The molecule has 0 saturated heterocycles. The van der Waals surface area contributed by atoms with Crippen molar-refractivity contribution in [3.8, 4) is 0 Å². The third kappa shape index (κ3) is 0.675. The molecule has 10 heavy (non-hydrogen) atoms. The zero-order chi connectivity index (χ0) is 6.97. The van der Waals surface area contributed by atoms with Gasteiger partial charge in [0.2, 0.25) is 0 Å². The van der Waals surface area contributed by atoms with Crippen molar-refractivity contribution in [3.05, 3.63) is 24.7 Å². The maximum atomic E-state index is 5.65. The van der Waals surface area contributed by atoms with E-state index < -0.39 is 0 Å². The molecule has 0 radical (unpaired) electrons. The van der Waals surface area contributed by atoms with Gasteiger partial charge in [-0.1, -0.05) is 0 Å². The molecule has 0 aliphatic carbocycles. The lowest BCUT2D eigenvalue weighted by Crippen LogP contribution is -1.79. The van der Waals surface area contributed by atoms with Crippen molar-refractivity contribution in [2.24, 2.45) is 0 Å². The fraction of sp³-hybridized carbons (Fsp3) is 0. The summed E-state index contributed by atoms with van der Waals surface area (Å²) in [7, 11) is 0. The molecule has 0 spiro atoms. The molecule has 50 valence electrons. The lowest BCUT2D eigenvalue weighted by Gasteiger charge is -1.86. The summed E-state index contributed by atoms with van der Waals surface area (Å²) in [5, 5.41) is 4.79. The minimum Gasteiger partial charge on any atom is -0.264 e. The van der Waals surface area contributed by atoms with Crippen molar-refractivity contribution in [2.75, 3.05) is 0 Å². The van der Waals surface area contributed by atoms with E-state index in [-0.39, 0.29) is 0 Å². The number of hydrogen-bond donors (Lipinski definition) is 0. The Bertz CT molecular complexity index is 355. The van der Waals surface area contributed by atoms with E-state index in [9.17, 15) is 0 Å². The van der Waals surface area contributed by atoms with Crippen LogP contribution in [0.15, 0.2) is 24.7 Å². The SMILES string of the molecule is Cln1ncc2cnccc21. The molecule has 0 bridgehead atoms. The van der Waals surface area contributed by atoms with E-state index in [1.807, 2.05) is 6.07 Å². The smallest absolute Gasteiger partial charge is 0.0902 e. The van der Waals surface area contributed by atoms with Gasteiger partial charge in [0.15, 0.2) is 0 Å². The first kappa shape index (κ1) is 5.68. The van der Waals surface area contributed by atoms with Crippen LogP contribution in [0.5, 0.6) is 0 Å². The summed E-state index contributed by atoms with van der Waals surface area (Å²) >= 11 is 5.65. The Hall–Kier alpha value is -1.09. The zero-order valence-electron chi connectivity index (χ0n) is 5.03. The van der Waals surface area contributed by atoms with E-state index in [1.165, 1.54) is 4.20 Å². The first-order chi connectivity index (χ1) is 4.88. The van der Waals surface area contributed by atoms with Gasteiger partial charge in [0.25, 0.3) is 0 Å². The van der Waals surface area contributed by atoms with E-state index in [0.717, 1.165) is 10.9 Å². The van der Waals surface area contributed by atoms with Crippen LogP contribution in [0, 0.1) is 0 Å². The van der Waals surface area contributed by atoms with E-state index >= 15 is 0 Å². The molecular weight excluding hydrogens is 150 g/mol. The van der Waals surface area contributed by atoms with Gasteiger partial charge in [0, 0.05) is 29.6 Å². The van der Waals surface area contributed by atoms with Crippen LogP contribution < -0.4 is 0 Å². The summed E-state index contributed by atoms with van der Waals surface area (Å²) in [6.45, 7) is 0. The molecule has 0 unspecified atom stereocenters. The molecule has 0 aliphatic rings. The average molecular weight is 154 g/mol. The van der Waals surface area contributed by atoms with E-state index in [4.69, 9.17) is 11.8 Å². The number of aromatic nitrogens is 3. The molecule has 0 aromatic carbocycles. The van der Waals surface area contributed by atoms with Crippen molar-refractivity contribution >= 4 is 22.7 Å². The number of nitrogens with zero attached hydrogens (tertiary/aromatic N) is 3. The highest BCUT2D eigenvalue weighted by atomic mass is 35.5. The van der Waals surface area contributed by atoms with Crippen molar-refractivity contribution in [3.63, 3.8) is 0 Å². The number of halogens is 1. The fourth-order valence-electron chi connectivity index (χ4n) is 0.842. The Labute approximate surface area is 62.4 Å². The quantitative estimate of drug-likeness (QED) is 0.573. The molecule has 3 nitrogen and oxygen atoms in total. The van der Waals surface area contributed by atoms with Gasteiger partial charge in [-0.05, 0) is 6.07 Å². The van der Waals surface area contributed by atoms with Crippen LogP contribution in [0.25, 0.3) is 10.9 Å². The molecule has 2 heterocycles. The third-order valence-electron chi connectivity index (χ3n) is 1.32. The van der Waals surface area contributed by atoms with Crippen LogP contribution in [0.4, 0.5) is 0 Å². The molecule has 0 fully saturated rings. The number of pyridine rings is 1. The molecule has 0 atom stereocenters. The van der Waals surface area contributed by atoms with Crippen LogP contribution in [-0.4, -0.2) is 14.3 Å². The minimum absolute atomic E-state index is 0.886. The second-order valence-corrected chi connectivity index (χ2v) is 2.26. The van der Waals surface area contributed by atoms with Crippen LogP contribution in [0.2, 0.25) is 0 Å². The second kappa shape index (κ2) is 1.95. The highest BCUT2D eigenvalue weighted by Crippen LogP contribution is 2.10.